The van der Waals surface area contributed by atoms with Gasteiger partial charge in [0, 0.05) is 7.05 Å². The molecule has 5 nitrogen and oxygen atoms in total. The minimum atomic E-state index is -0.0657. The highest BCUT2D eigenvalue weighted by atomic mass is 32.2. The Labute approximate surface area is 186 Å². The molecule has 3 aromatic rings. The minimum absolute atomic E-state index is 0.0657. The molecule has 4 rings (SSSR count). The lowest BCUT2D eigenvalue weighted by molar-refractivity contribution is -0.121. The fraction of sp³-hybridized carbons (Fsp3) is 0.120. The van der Waals surface area contributed by atoms with E-state index >= 15 is 0 Å². The lowest BCUT2D eigenvalue weighted by Gasteiger charge is -2.07. The standard InChI is InChI=1S/C25H22N2O3S/c1-27-24(28)23(31-25(27)26-20-10-12-21(29-2)13-11-20)15-17-6-4-7-18(14-17)19-8-5-9-22(16-19)30-3/h4-16H,1-3H3/b23-15-,26-25+. The summed E-state index contributed by atoms with van der Waals surface area (Å²) < 4.78 is 10.5. The number of hydrogen-bond acceptors (Lipinski definition) is 5. The number of benzene rings is 3. The van der Waals surface area contributed by atoms with E-state index in [1.165, 1.54) is 11.8 Å². The van der Waals surface area contributed by atoms with Crippen LogP contribution in [0.2, 0.25) is 0 Å². The van der Waals surface area contributed by atoms with Gasteiger partial charge in [-0.25, -0.2) is 4.99 Å². The topological polar surface area (TPSA) is 51.1 Å². The zero-order valence-electron chi connectivity index (χ0n) is 17.5. The van der Waals surface area contributed by atoms with Crippen molar-refractivity contribution < 1.29 is 14.3 Å². The molecule has 0 atom stereocenters. The summed E-state index contributed by atoms with van der Waals surface area (Å²) in [6, 6.07) is 23.4. The molecule has 0 bridgehead atoms. The molecule has 0 aromatic heterocycles. The first-order valence-corrected chi connectivity index (χ1v) is 10.5. The highest BCUT2D eigenvalue weighted by molar-refractivity contribution is 8.18. The van der Waals surface area contributed by atoms with Gasteiger partial charge in [-0.1, -0.05) is 30.3 Å². The van der Waals surface area contributed by atoms with E-state index < -0.39 is 0 Å². The number of ether oxygens (including phenoxy) is 2. The molecule has 1 fully saturated rings. The molecule has 0 saturated carbocycles. The van der Waals surface area contributed by atoms with Crippen LogP contribution in [0.25, 0.3) is 17.2 Å². The number of rotatable bonds is 5. The first-order valence-electron chi connectivity index (χ1n) is 9.72. The Morgan fingerprint density at radius 2 is 1.55 bits per heavy atom. The van der Waals surface area contributed by atoms with Crippen LogP contribution in [0.15, 0.2) is 82.7 Å². The molecule has 1 saturated heterocycles. The summed E-state index contributed by atoms with van der Waals surface area (Å²) in [6.07, 6.45) is 1.91. The first-order chi connectivity index (χ1) is 15.1. The third-order valence-corrected chi connectivity index (χ3v) is 5.95. The SMILES string of the molecule is COc1ccc(/N=C2/S/C(=C\c3cccc(-c4cccc(OC)c4)c3)C(=O)N2C)cc1. The summed E-state index contributed by atoms with van der Waals surface area (Å²) >= 11 is 1.37. The van der Waals surface area contributed by atoms with Gasteiger partial charge >= 0.3 is 0 Å². The van der Waals surface area contributed by atoms with Gasteiger partial charge in [0.25, 0.3) is 5.91 Å². The van der Waals surface area contributed by atoms with E-state index in [1.54, 1.807) is 26.2 Å². The highest BCUT2D eigenvalue weighted by Gasteiger charge is 2.30. The van der Waals surface area contributed by atoms with Gasteiger partial charge in [-0.05, 0) is 77.0 Å². The van der Waals surface area contributed by atoms with Gasteiger partial charge in [0.15, 0.2) is 5.17 Å². The quantitative estimate of drug-likeness (QED) is 0.494. The Hall–Kier alpha value is -3.51. The van der Waals surface area contributed by atoms with Crippen molar-refractivity contribution in [3.8, 4) is 22.6 Å². The summed E-state index contributed by atoms with van der Waals surface area (Å²) in [5, 5.41) is 0.644. The number of amides is 1. The summed E-state index contributed by atoms with van der Waals surface area (Å²) in [5.74, 6) is 1.51. The summed E-state index contributed by atoms with van der Waals surface area (Å²) in [6.45, 7) is 0. The molecule has 0 radical (unpaired) electrons. The van der Waals surface area contributed by atoms with Crippen LogP contribution >= 0.6 is 11.8 Å². The van der Waals surface area contributed by atoms with Crippen LogP contribution in [0.4, 0.5) is 5.69 Å². The predicted molar refractivity (Wildman–Crippen MR) is 127 cm³/mol. The second kappa shape index (κ2) is 9.10. The van der Waals surface area contributed by atoms with Crippen molar-refractivity contribution in [1.29, 1.82) is 0 Å². The molecule has 1 heterocycles. The summed E-state index contributed by atoms with van der Waals surface area (Å²) in [7, 11) is 5.02. The fourth-order valence-electron chi connectivity index (χ4n) is 3.18. The number of carbonyl (C=O) groups excluding carboxylic acids is 1. The molecular weight excluding hydrogens is 408 g/mol. The number of amidine groups is 1. The van der Waals surface area contributed by atoms with Gasteiger partial charge in [0.05, 0.1) is 24.8 Å². The van der Waals surface area contributed by atoms with Crippen LogP contribution in [0.1, 0.15) is 5.56 Å². The van der Waals surface area contributed by atoms with Crippen LogP contribution in [0, 0.1) is 0 Å². The van der Waals surface area contributed by atoms with Gasteiger partial charge < -0.3 is 9.47 Å². The third kappa shape index (κ3) is 4.64. The molecule has 156 valence electrons. The van der Waals surface area contributed by atoms with Crippen molar-refractivity contribution in [2.75, 3.05) is 21.3 Å². The molecule has 1 aliphatic rings. The van der Waals surface area contributed by atoms with E-state index in [0.717, 1.165) is 33.9 Å². The number of hydrogen-bond donors (Lipinski definition) is 0. The highest BCUT2D eigenvalue weighted by Crippen LogP contribution is 2.34. The van der Waals surface area contributed by atoms with Crippen LogP contribution in [0.5, 0.6) is 11.5 Å². The van der Waals surface area contributed by atoms with E-state index in [2.05, 4.69) is 11.1 Å². The van der Waals surface area contributed by atoms with Crippen LogP contribution < -0.4 is 9.47 Å². The van der Waals surface area contributed by atoms with Crippen molar-refractivity contribution in [3.63, 3.8) is 0 Å². The van der Waals surface area contributed by atoms with Crippen molar-refractivity contribution >= 4 is 34.6 Å². The Bertz CT molecular complexity index is 1170. The van der Waals surface area contributed by atoms with Crippen LogP contribution in [0.3, 0.4) is 0 Å². The Morgan fingerprint density at radius 3 is 2.26 bits per heavy atom. The Morgan fingerprint density at radius 1 is 0.871 bits per heavy atom. The molecule has 6 heteroatoms. The average Bonchev–Trinajstić information content (AvgIpc) is 3.07. The average molecular weight is 431 g/mol. The predicted octanol–water partition coefficient (Wildman–Crippen LogP) is 5.60. The molecule has 0 aliphatic carbocycles. The van der Waals surface area contributed by atoms with Gasteiger partial charge in [-0.3, -0.25) is 9.69 Å². The van der Waals surface area contributed by atoms with Crippen LogP contribution in [-0.4, -0.2) is 37.2 Å². The van der Waals surface area contributed by atoms with Gasteiger partial charge in [-0.2, -0.15) is 0 Å². The smallest absolute Gasteiger partial charge is 0.266 e. The van der Waals surface area contributed by atoms with Crippen LogP contribution in [-0.2, 0) is 4.79 Å². The molecular formula is C25H22N2O3S. The lowest BCUT2D eigenvalue weighted by Crippen LogP contribution is -2.23. The number of carbonyl (C=O) groups is 1. The van der Waals surface area contributed by atoms with E-state index in [-0.39, 0.29) is 5.91 Å². The Balaban J connectivity index is 1.60. The van der Waals surface area contributed by atoms with Gasteiger partial charge in [0.2, 0.25) is 0 Å². The fourth-order valence-corrected chi connectivity index (χ4v) is 4.17. The van der Waals surface area contributed by atoms with Crippen molar-refractivity contribution in [3.05, 3.63) is 83.3 Å². The monoisotopic (exact) mass is 430 g/mol. The molecule has 1 aliphatic heterocycles. The van der Waals surface area contributed by atoms with Crippen molar-refractivity contribution in [1.82, 2.24) is 4.90 Å². The summed E-state index contributed by atoms with van der Waals surface area (Å²) in [5.41, 5.74) is 3.84. The summed E-state index contributed by atoms with van der Waals surface area (Å²) in [4.78, 5) is 19.6. The number of aliphatic imine (C=N–C) groups is 1. The molecule has 1 amide bonds. The molecule has 3 aromatic carbocycles. The lowest BCUT2D eigenvalue weighted by atomic mass is 10.0. The maximum atomic E-state index is 12.8. The molecule has 0 unspecified atom stereocenters. The zero-order valence-corrected chi connectivity index (χ0v) is 18.3. The minimum Gasteiger partial charge on any atom is -0.497 e. The second-order valence-electron chi connectivity index (χ2n) is 6.92. The largest absolute Gasteiger partial charge is 0.497 e. The van der Waals surface area contributed by atoms with E-state index in [4.69, 9.17) is 9.47 Å². The number of methoxy groups -OCH3 is 2. The van der Waals surface area contributed by atoms with E-state index in [9.17, 15) is 4.79 Å². The zero-order chi connectivity index (χ0) is 21.8. The van der Waals surface area contributed by atoms with Crippen molar-refractivity contribution in [2.24, 2.45) is 4.99 Å². The van der Waals surface area contributed by atoms with Crippen molar-refractivity contribution in [2.45, 2.75) is 0 Å². The maximum Gasteiger partial charge on any atom is 0.266 e. The molecule has 31 heavy (non-hydrogen) atoms. The van der Waals surface area contributed by atoms with E-state index in [0.29, 0.717) is 10.1 Å². The Kier molecular flexibility index (Phi) is 6.09. The number of thioether (sulfide) groups is 1. The molecule has 0 N–H and O–H groups in total. The number of nitrogens with zero attached hydrogens (tertiary/aromatic N) is 2. The second-order valence-corrected chi connectivity index (χ2v) is 7.93. The first kappa shape index (κ1) is 20.8. The van der Waals surface area contributed by atoms with Gasteiger partial charge in [-0.15, -0.1) is 0 Å². The number of likely N-dealkylation sites (N-methyl/N-ethyl adjacent to an activating group) is 1. The third-order valence-electron chi connectivity index (χ3n) is 4.89. The van der Waals surface area contributed by atoms with Gasteiger partial charge in [0.1, 0.15) is 11.5 Å². The molecule has 0 spiro atoms. The maximum absolute atomic E-state index is 12.8. The van der Waals surface area contributed by atoms with E-state index in [1.807, 2.05) is 72.8 Å². The normalized spacial score (nSPS) is 16.2.